The predicted molar refractivity (Wildman–Crippen MR) is 61.6 cm³/mol. The molecule has 1 heterocycles. The molecule has 0 radical (unpaired) electrons. The maximum absolute atomic E-state index is 12.8. The topological polar surface area (TPSA) is 66.8 Å². The number of carboxylic acid groups (broad SMARTS) is 1. The molecule has 1 aliphatic rings. The van der Waals surface area contributed by atoms with E-state index in [1.807, 2.05) is 0 Å². The van der Waals surface area contributed by atoms with Crippen LogP contribution in [0.2, 0.25) is 4.71 Å². The molecule has 0 aromatic heterocycles. The number of carboxylic acids is 1. The molecule has 1 N–H and O–H groups in total. The molecule has 18 heavy (non-hydrogen) atoms. The van der Waals surface area contributed by atoms with Crippen molar-refractivity contribution in [3.8, 4) is 0 Å². The van der Waals surface area contributed by atoms with Crippen molar-refractivity contribution in [2.75, 3.05) is 26.3 Å². The molecule has 5 nitrogen and oxygen atoms in total. The normalized spacial score (nSPS) is 19.2. The summed E-state index contributed by atoms with van der Waals surface area (Å²) in [5.74, 6) is -4.36. The Hall–Kier alpha value is -0.682. The minimum atomic E-state index is -3.06. The number of nitrogens with zero attached hydrogens (tertiary/aromatic N) is 1. The average molecular weight is 327 g/mol. The summed E-state index contributed by atoms with van der Waals surface area (Å²) in [5.41, 5.74) is 0. The van der Waals surface area contributed by atoms with Gasteiger partial charge in [0.15, 0.2) is 0 Å². The molecule has 0 saturated carbocycles. The second-order valence-corrected chi connectivity index (χ2v) is 7.18. The quantitative estimate of drug-likeness (QED) is 0.759. The fourth-order valence-electron chi connectivity index (χ4n) is 1.57. The minimum absolute atomic E-state index is 0.282. The van der Waals surface area contributed by atoms with E-state index in [4.69, 9.17) is 9.84 Å². The molecule has 0 aromatic rings. The van der Waals surface area contributed by atoms with Gasteiger partial charge in [0.1, 0.15) is 0 Å². The SMILES string of the molecule is CC(F)(F)CC([AsH]C(=O)N1CCOCC1)C(=O)O. The predicted octanol–water partition coefficient (Wildman–Crippen LogP) is 0.794. The van der Waals surface area contributed by atoms with E-state index in [0.717, 1.165) is 0 Å². The summed E-state index contributed by atoms with van der Waals surface area (Å²) in [7, 11) is 0. The molecule has 1 rings (SSSR count). The molecule has 8 heteroatoms. The molecule has 0 bridgehead atoms. The van der Waals surface area contributed by atoms with Crippen LogP contribution in [0.1, 0.15) is 13.3 Å². The summed E-state index contributed by atoms with van der Waals surface area (Å²) in [5, 5.41) is 8.89. The number of amides is 1. The zero-order chi connectivity index (χ0) is 13.8. The fourth-order valence-corrected chi connectivity index (χ4v) is 4.27. The van der Waals surface area contributed by atoms with Crippen LogP contribution in [0.3, 0.4) is 0 Å². The summed E-state index contributed by atoms with van der Waals surface area (Å²) >= 11 is -1.63. The molecule has 2 unspecified atom stereocenters. The molecule has 0 aromatic carbocycles. The fraction of sp³-hybridized carbons (Fsp3) is 0.800. The number of alkyl halides is 2. The summed E-state index contributed by atoms with van der Waals surface area (Å²) in [4.78, 5) is 24.2. The van der Waals surface area contributed by atoms with E-state index in [9.17, 15) is 18.4 Å². The standard InChI is InChI=1S/C10H16AsF2NO4/c1-10(12,13)6-7(8(15)16)11-9(17)14-2-4-18-5-3-14/h7,11H,2-6H2,1H3,(H,15,16). The van der Waals surface area contributed by atoms with E-state index in [-0.39, 0.29) is 4.69 Å². The Morgan fingerprint density at radius 1 is 1.44 bits per heavy atom. The second kappa shape index (κ2) is 6.47. The molecule has 0 aliphatic carbocycles. The Balaban J connectivity index is 2.54. The van der Waals surface area contributed by atoms with Crippen LogP contribution in [0.15, 0.2) is 0 Å². The van der Waals surface area contributed by atoms with Crippen molar-refractivity contribution in [1.82, 2.24) is 4.90 Å². The van der Waals surface area contributed by atoms with Crippen LogP contribution in [0.4, 0.5) is 13.6 Å². The van der Waals surface area contributed by atoms with E-state index >= 15 is 0 Å². The number of morpholine rings is 1. The Kier molecular flexibility index (Phi) is 5.53. The monoisotopic (exact) mass is 327 g/mol. The first kappa shape index (κ1) is 15.4. The second-order valence-electron chi connectivity index (χ2n) is 4.21. The van der Waals surface area contributed by atoms with Crippen LogP contribution in [0, 0.1) is 0 Å². The van der Waals surface area contributed by atoms with Gasteiger partial charge in [-0.15, -0.1) is 0 Å². The van der Waals surface area contributed by atoms with Gasteiger partial charge in [-0.1, -0.05) is 0 Å². The van der Waals surface area contributed by atoms with Crippen molar-refractivity contribution in [1.29, 1.82) is 0 Å². The van der Waals surface area contributed by atoms with Gasteiger partial charge in [0.2, 0.25) is 0 Å². The summed E-state index contributed by atoms with van der Waals surface area (Å²) in [6.07, 6.45) is -0.765. The first-order valence-electron chi connectivity index (χ1n) is 5.53. The van der Waals surface area contributed by atoms with Crippen molar-refractivity contribution in [3.63, 3.8) is 0 Å². The molecule has 104 valence electrons. The Labute approximate surface area is 110 Å². The number of rotatable bonds is 5. The Morgan fingerprint density at radius 3 is 2.44 bits per heavy atom. The third-order valence-electron chi connectivity index (χ3n) is 2.46. The van der Waals surface area contributed by atoms with Crippen molar-refractivity contribution < 1.29 is 28.2 Å². The van der Waals surface area contributed by atoms with Gasteiger partial charge in [0.05, 0.1) is 0 Å². The van der Waals surface area contributed by atoms with Crippen LogP contribution >= 0.6 is 0 Å². The van der Waals surface area contributed by atoms with E-state index in [2.05, 4.69) is 0 Å². The first-order valence-corrected chi connectivity index (χ1v) is 7.79. The molecule has 1 aliphatic heterocycles. The molecule has 1 amide bonds. The number of carbonyl (C=O) groups excluding carboxylic acids is 1. The third kappa shape index (κ3) is 5.31. The van der Waals surface area contributed by atoms with Gasteiger partial charge < -0.3 is 0 Å². The van der Waals surface area contributed by atoms with Gasteiger partial charge in [0, 0.05) is 0 Å². The van der Waals surface area contributed by atoms with Crippen molar-refractivity contribution in [2.45, 2.75) is 24.0 Å². The number of ether oxygens (including phenoxy) is 1. The van der Waals surface area contributed by atoms with Gasteiger partial charge in [0.25, 0.3) is 0 Å². The number of hydrogen-bond acceptors (Lipinski definition) is 3. The van der Waals surface area contributed by atoms with Crippen LogP contribution in [-0.4, -0.2) is 68.6 Å². The molecule has 1 saturated heterocycles. The van der Waals surface area contributed by atoms with Gasteiger partial charge in [-0.3, -0.25) is 0 Å². The molecule has 2 atom stereocenters. The van der Waals surface area contributed by atoms with Crippen LogP contribution in [0.25, 0.3) is 0 Å². The van der Waals surface area contributed by atoms with Crippen molar-refractivity contribution in [2.24, 2.45) is 0 Å². The summed E-state index contributed by atoms with van der Waals surface area (Å²) < 4.78 is 29.2. The first-order chi connectivity index (χ1) is 8.29. The molecular formula is C10H16AsF2NO4. The van der Waals surface area contributed by atoms with E-state index in [1.165, 1.54) is 4.90 Å². The van der Waals surface area contributed by atoms with Crippen LogP contribution in [0.5, 0.6) is 0 Å². The van der Waals surface area contributed by atoms with Crippen LogP contribution in [-0.2, 0) is 9.53 Å². The third-order valence-corrected chi connectivity index (χ3v) is 5.32. The molecule has 0 spiro atoms. The zero-order valence-corrected chi connectivity index (χ0v) is 12.1. The number of aliphatic carboxylic acids is 1. The molecular weight excluding hydrogens is 311 g/mol. The van der Waals surface area contributed by atoms with Crippen molar-refractivity contribution >= 4 is 26.4 Å². The zero-order valence-electron chi connectivity index (χ0n) is 9.99. The van der Waals surface area contributed by atoms with Gasteiger partial charge in [-0.05, 0) is 0 Å². The summed E-state index contributed by atoms with van der Waals surface area (Å²) in [6.45, 7) is 2.34. The van der Waals surface area contributed by atoms with E-state index in [1.54, 1.807) is 0 Å². The molecule has 1 fully saturated rings. The average Bonchev–Trinajstić information content (AvgIpc) is 2.27. The van der Waals surface area contributed by atoms with Crippen LogP contribution < -0.4 is 0 Å². The Morgan fingerprint density at radius 2 is 2.00 bits per heavy atom. The summed E-state index contributed by atoms with van der Waals surface area (Å²) in [6, 6.07) is 0. The Bertz CT molecular complexity index is 315. The number of halogens is 2. The van der Waals surface area contributed by atoms with Crippen molar-refractivity contribution in [3.05, 3.63) is 0 Å². The van der Waals surface area contributed by atoms with Gasteiger partial charge in [-0.2, -0.15) is 0 Å². The van der Waals surface area contributed by atoms with Gasteiger partial charge >= 0.3 is 110 Å². The van der Waals surface area contributed by atoms with Gasteiger partial charge in [-0.25, -0.2) is 0 Å². The maximum atomic E-state index is 12.8. The number of hydrogen-bond donors (Lipinski definition) is 1. The van der Waals surface area contributed by atoms with E-state index < -0.39 is 38.8 Å². The van der Waals surface area contributed by atoms with E-state index in [0.29, 0.717) is 33.2 Å². The number of carbonyl (C=O) groups is 2.